The van der Waals surface area contributed by atoms with Crippen molar-refractivity contribution in [2.75, 3.05) is 13.2 Å². The molecule has 2 atom stereocenters. The molecule has 0 saturated carbocycles. The van der Waals surface area contributed by atoms with Gasteiger partial charge in [-0.25, -0.2) is 0 Å². The molecular weight excluding hydrogens is 414 g/mol. The Labute approximate surface area is 194 Å². The van der Waals surface area contributed by atoms with Crippen molar-refractivity contribution >= 4 is 11.8 Å². The molecule has 6 nitrogen and oxygen atoms in total. The molecule has 3 aromatic rings. The van der Waals surface area contributed by atoms with Gasteiger partial charge in [0.1, 0.15) is 11.7 Å². The Morgan fingerprint density at radius 2 is 1.82 bits per heavy atom. The topological polar surface area (TPSA) is 71.5 Å². The van der Waals surface area contributed by atoms with Gasteiger partial charge in [-0.15, -0.1) is 0 Å². The van der Waals surface area contributed by atoms with Gasteiger partial charge in [0.25, 0.3) is 5.91 Å². The Bertz CT molecular complexity index is 1070. The highest BCUT2D eigenvalue weighted by atomic mass is 16.5. The van der Waals surface area contributed by atoms with Crippen LogP contribution >= 0.6 is 0 Å². The summed E-state index contributed by atoms with van der Waals surface area (Å²) in [6, 6.07) is 21.9. The Hall–Kier alpha value is -3.51. The van der Waals surface area contributed by atoms with E-state index in [-0.39, 0.29) is 17.9 Å². The fraction of sp³-hybridized carbons (Fsp3) is 0.296. The number of carbonyl (C=O) groups is 2. The number of carbonyl (C=O) groups excluding carboxylic acids is 2. The van der Waals surface area contributed by atoms with E-state index in [0.717, 1.165) is 29.5 Å². The number of hydrogen-bond donors (Lipinski definition) is 1. The number of aryl methyl sites for hydroxylation is 1. The first kappa shape index (κ1) is 22.7. The molecule has 0 radical (unpaired) electrons. The average molecular weight is 444 g/mol. The molecule has 2 amide bonds. The summed E-state index contributed by atoms with van der Waals surface area (Å²) in [7, 11) is 0. The molecular formula is C27H29N3O3. The number of pyridine rings is 1. The van der Waals surface area contributed by atoms with Crippen LogP contribution in [0.25, 0.3) is 0 Å². The molecule has 170 valence electrons. The lowest BCUT2D eigenvalue weighted by Crippen LogP contribution is -2.47. The highest BCUT2D eigenvalue weighted by Gasteiger charge is 2.35. The minimum Gasteiger partial charge on any atom is -0.376 e. The smallest absolute Gasteiger partial charge is 0.273 e. The Morgan fingerprint density at radius 1 is 1.06 bits per heavy atom. The number of rotatable bonds is 8. The predicted octanol–water partition coefficient (Wildman–Crippen LogP) is 4.07. The van der Waals surface area contributed by atoms with Crippen LogP contribution in [0.15, 0.2) is 79.0 Å². The summed E-state index contributed by atoms with van der Waals surface area (Å²) in [5, 5.41) is 3.04. The highest BCUT2D eigenvalue weighted by molar-refractivity contribution is 5.96. The molecule has 1 saturated heterocycles. The fourth-order valence-electron chi connectivity index (χ4n) is 4.18. The molecule has 2 heterocycles. The molecule has 2 aromatic carbocycles. The summed E-state index contributed by atoms with van der Waals surface area (Å²) in [6.07, 6.45) is 3.30. The van der Waals surface area contributed by atoms with Crippen LogP contribution in [0, 0.1) is 6.92 Å². The van der Waals surface area contributed by atoms with Gasteiger partial charge in [-0.05, 0) is 48.6 Å². The third kappa shape index (κ3) is 5.65. The summed E-state index contributed by atoms with van der Waals surface area (Å²) in [5.74, 6) is -0.510. The SMILES string of the molecule is Cc1ccccc1[C@@H](C(=O)NCc1ccccc1)N(C[C@@H]1CCCO1)C(=O)c1ccccn1. The molecule has 1 fully saturated rings. The number of benzene rings is 2. The second kappa shape index (κ2) is 10.9. The van der Waals surface area contributed by atoms with Gasteiger partial charge in [-0.3, -0.25) is 14.6 Å². The van der Waals surface area contributed by atoms with Gasteiger partial charge in [0, 0.05) is 25.9 Å². The molecule has 1 aliphatic rings. The molecule has 0 unspecified atom stereocenters. The third-order valence-corrected chi connectivity index (χ3v) is 5.92. The standard InChI is InChI=1S/C27H29N3O3/c1-20-10-5-6-14-23(20)25(26(31)29-18-21-11-3-2-4-12-21)30(19-22-13-9-17-33-22)27(32)24-15-7-8-16-28-24/h2-8,10-12,14-16,22,25H,9,13,17-19H2,1H3,(H,29,31)/t22-,25-/m0/s1. The lowest BCUT2D eigenvalue weighted by atomic mass is 9.97. The molecule has 0 spiro atoms. The fourth-order valence-corrected chi connectivity index (χ4v) is 4.18. The zero-order valence-electron chi connectivity index (χ0n) is 18.8. The molecule has 0 aliphatic carbocycles. The lowest BCUT2D eigenvalue weighted by molar-refractivity contribution is -0.126. The minimum atomic E-state index is -0.798. The second-order valence-corrected chi connectivity index (χ2v) is 8.27. The van der Waals surface area contributed by atoms with E-state index in [2.05, 4.69) is 10.3 Å². The molecule has 4 rings (SSSR count). The summed E-state index contributed by atoms with van der Waals surface area (Å²) < 4.78 is 5.85. The third-order valence-electron chi connectivity index (χ3n) is 5.92. The van der Waals surface area contributed by atoms with Crippen molar-refractivity contribution in [1.29, 1.82) is 0 Å². The van der Waals surface area contributed by atoms with E-state index in [1.165, 1.54) is 0 Å². The summed E-state index contributed by atoms with van der Waals surface area (Å²) in [4.78, 5) is 33.2. The van der Waals surface area contributed by atoms with Crippen LogP contribution in [-0.4, -0.2) is 41.0 Å². The van der Waals surface area contributed by atoms with Gasteiger partial charge < -0.3 is 15.0 Å². The van der Waals surface area contributed by atoms with Gasteiger partial charge in [-0.1, -0.05) is 60.7 Å². The van der Waals surface area contributed by atoms with E-state index in [4.69, 9.17) is 4.74 Å². The maximum atomic E-state index is 13.7. The van der Waals surface area contributed by atoms with E-state index in [1.54, 1.807) is 29.3 Å². The van der Waals surface area contributed by atoms with Crippen LogP contribution in [-0.2, 0) is 16.1 Å². The molecule has 1 N–H and O–H groups in total. The quantitative estimate of drug-likeness (QED) is 0.570. The van der Waals surface area contributed by atoms with Gasteiger partial charge in [0.15, 0.2) is 0 Å². The molecule has 1 aromatic heterocycles. The van der Waals surface area contributed by atoms with Crippen LogP contribution in [0.2, 0.25) is 0 Å². The lowest BCUT2D eigenvalue weighted by Gasteiger charge is -2.33. The van der Waals surface area contributed by atoms with Crippen molar-refractivity contribution < 1.29 is 14.3 Å². The van der Waals surface area contributed by atoms with E-state index in [0.29, 0.717) is 25.4 Å². The maximum Gasteiger partial charge on any atom is 0.273 e. The molecule has 6 heteroatoms. The Balaban J connectivity index is 1.69. The van der Waals surface area contributed by atoms with Crippen LogP contribution in [0.1, 0.15) is 46.1 Å². The van der Waals surface area contributed by atoms with Crippen molar-refractivity contribution in [3.63, 3.8) is 0 Å². The molecule has 33 heavy (non-hydrogen) atoms. The van der Waals surface area contributed by atoms with Crippen molar-refractivity contribution in [1.82, 2.24) is 15.2 Å². The van der Waals surface area contributed by atoms with Crippen LogP contribution < -0.4 is 5.32 Å². The molecule has 1 aliphatic heterocycles. The monoisotopic (exact) mass is 443 g/mol. The van der Waals surface area contributed by atoms with Crippen molar-refractivity contribution in [3.8, 4) is 0 Å². The van der Waals surface area contributed by atoms with E-state index < -0.39 is 6.04 Å². The highest BCUT2D eigenvalue weighted by Crippen LogP contribution is 2.28. The number of aromatic nitrogens is 1. The van der Waals surface area contributed by atoms with Crippen LogP contribution in [0.3, 0.4) is 0 Å². The van der Waals surface area contributed by atoms with E-state index in [1.807, 2.05) is 61.5 Å². The number of ether oxygens (including phenoxy) is 1. The summed E-state index contributed by atoms with van der Waals surface area (Å²) in [5.41, 5.74) is 3.05. The van der Waals surface area contributed by atoms with E-state index >= 15 is 0 Å². The van der Waals surface area contributed by atoms with Crippen LogP contribution in [0.4, 0.5) is 0 Å². The first-order valence-electron chi connectivity index (χ1n) is 11.3. The first-order chi connectivity index (χ1) is 16.1. The van der Waals surface area contributed by atoms with Crippen molar-refractivity contribution in [2.45, 2.75) is 38.5 Å². The Morgan fingerprint density at radius 3 is 2.52 bits per heavy atom. The largest absolute Gasteiger partial charge is 0.376 e. The van der Waals surface area contributed by atoms with E-state index in [9.17, 15) is 9.59 Å². The van der Waals surface area contributed by atoms with Crippen molar-refractivity contribution in [2.24, 2.45) is 0 Å². The van der Waals surface area contributed by atoms with Gasteiger partial charge in [0.05, 0.1) is 6.10 Å². The number of nitrogens with one attached hydrogen (secondary N) is 1. The predicted molar refractivity (Wildman–Crippen MR) is 126 cm³/mol. The van der Waals surface area contributed by atoms with Crippen molar-refractivity contribution in [3.05, 3.63) is 101 Å². The summed E-state index contributed by atoms with van der Waals surface area (Å²) >= 11 is 0. The zero-order valence-corrected chi connectivity index (χ0v) is 18.8. The second-order valence-electron chi connectivity index (χ2n) is 8.27. The average Bonchev–Trinajstić information content (AvgIpc) is 3.37. The zero-order chi connectivity index (χ0) is 23.0. The first-order valence-corrected chi connectivity index (χ1v) is 11.3. The number of hydrogen-bond acceptors (Lipinski definition) is 4. The number of nitrogens with zero attached hydrogens (tertiary/aromatic N) is 2. The van der Waals surface area contributed by atoms with Crippen LogP contribution in [0.5, 0.6) is 0 Å². The minimum absolute atomic E-state index is 0.105. The summed E-state index contributed by atoms with van der Waals surface area (Å²) in [6.45, 7) is 3.34. The van der Waals surface area contributed by atoms with Gasteiger partial charge >= 0.3 is 0 Å². The molecule has 0 bridgehead atoms. The Kier molecular flexibility index (Phi) is 7.47. The number of amides is 2. The maximum absolute atomic E-state index is 13.7. The van der Waals surface area contributed by atoms with Gasteiger partial charge in [-0.2, -0.15) is 0 Å². The normalized spacial score (nSPS) is 16.2. The van der Waals surface area contributed by atoms with Gasteiger partial charge in [0.2, 0.25) is 5.91 Å².